The van der Waals surface area contributed by atoms with E-state index in [4.69, 9.17) is 16.9 Å². The monoisotopic (exact) mass is 202 g/mol. The molecule has 1 saturated heterocycles. The summed E-state index contributed by atoms with van der Waals surface area (Å²) in [6, 6.07) is 3.51. The average molecular weight is 202 g/mol. The van der Waals surface area contributed by atoms with Crippen LogP contribution in [-0.2, 0) is 4.74 Å². The predicted molar refractivity (Wildman–Crippen MR) is 59.0 cm³/mol. The number of ether oxygens (including phenoxy) is 1. The molecule has 1 saturated carbocycles. The quantitative estimate of drug-likeness (QED) is 0.645. The number of fused-ring (bicyclic) bond motifs is 1. The Morgan fingerprint density at radius 1 is 1.47 bits per heavy atom. The fourth-order valence-corrected chi connectivity index (χ4v) is 1.63. The van der Waals surface area contributed by atoms with Crippen LogP contribution in [0.15, 0.2) is 18.3 Å². The van der Waals surface area contributed by atoms with Crippen molar-refractivity contribution < 1.29 is 4.74 Å². The van der Waals surface area contributed by atoms with Crippen LogP contribution in [0.4, 0.5) is 5.82 Å². The van der Waals surface area contributed by atoms with Gasteiger partial charge in [-0.15, -0.1) is 6.42 Å². The van der Waals surface area contributed by atoms with Crippen LogP contribution in [0.3, 0.4) is 0 Å². The van der Waals surface area contributed by atoms with Crippen molar-refractivity contribution in [1.82, 2.24) is 4.98 Å². The summed E-state index contributed by atoms with van der Waals surface area (Å²) in [6.45, 7) is 2.12. The molecule has 2 heterocycles. The second-order valence-electron chi connectivity index (χ2n) is 3.87. The molecule has 1 aliphatic carbocycles. The number of rotatable bonds is 0. The van der Waals surface area contributed by atoms with Gasteiger partial charge in [-0.2, -0.15) is 0 Å². The first-order chi connectivity index (χ1) is 7.31. The molecule has 2 aliphatic rings. The minimum Gasteiger partial charge on any atom is -0.383 e. The highest BCUT2D eigenvalue weighted by Crippen LogP contribution is 2.43. The molecule has 2 atom stereocenters. The van der Waals surface area contributed by atoms with Crippen molar-refractivity contribution in [3.8, 4) is 12.3 Å². The third-order valence-corrected chi connectivity index (χ3v) is 2.73. The zero-order valence-corrected chi connectivity index (χ0v) is 8.52. The molecule has 2 fully saturated rings. The lowest BCUT2D eigenvalue weighted by molar-refractivity contribution is 0.165. The Kier molecular flexibility index (Phi) is 2.89. The number of hydrogen-bond acceptors (Lipinski definition) is 3. The zero-order valence-electron chi connectivity index (χ0n) is 8.52. The zero-order chi connectivity index (χ0) is 10.7. The maximum atomic E-state index is 5.38. The molecule has 3 nitrogen and oxygen atoms in total. The largest absolute Gasteiger partial charge is 0.383 e. The molecule has 78 valence electrons. The first-order valence-electron chi connectivity index (χ1n) is 5.06. The highest BCUT2D eigenvalue weighted by Gasteiger charge is 2.41. The fourth-order valence-electron chi connectivity index (χ4n) is 1.63. The van der Waals surface area contributed by atoms with E-state index in [0.29, 0.717) is 11.4 Å². The van der Waals surface area contributed by atoms with Crippen molar-refractivity contribution >= 4 is 5.82 Å². The van der Waals surface area contributed by atoms with Crippen LogP contribution in [0, 0.1) is 24.2 Å². The van der Waals surface area contributed by atoms with E-state index in [1.54, 1.807) is 18.3 Å². The van der Waals surface area contributed by atoms with E-state index in [0.717, 1.165) is 25.0 Å². The molecule has 0 amide bonds. The van der Waals surface area contributed by atoms with E-state index < -0.39 is 0 Å². The molecular weight excluding hydrogens is 188 g/mol. The summed E-state index contributed by atoms with van der Waals surface area (Å²) in [4.78, 5) is 3.79. The van der Waals surface area contributed by atoms with Gasteiger partial charge in [0.2, 0.25) is 0 Å². The predicted octanol–water partition coefficient (Wildman–Crippen LogP) is 1.30. The van der Waals surface area contributed by atoms with Gasteiger partial charge in [0.05, 0.1) is 5.56 Å². The number of nitrogens with zero attached hydrogens (tertiary/aromatic N) is 1. The van der Waals surface area contributed by atoms with Crippen LogP contribution < -0.4 is 5.73 Å². The second-order valence-corrected chi connectivity index (χ2v) is 3.87. The van der Waals surface area contributed by atoms with Crippen molar-refractivity contribution in [2.24, 2.45) is 11.8 Å². The van der Waals surface area contributed by atoms with Gasteiger partial charge in [0, 0.05) is 19.4 Å². The van der Waals surface area contributed by atoms with E-state index in [1.165, 1.54) is 6.42 Å². The van der Waals surface area contributed by atoms with E-state index in [9.17, 15) is 0 Å². The Labute approximate surface area is 89.7 Å². The van der Waals surface area contributed by atoms with Gasteiger partial charge < -0.3 is 10.5 Å². The summed E-state index contributed by atoms with van der Waals surface area (Å²) in [7, 11) is 0. The summed E-state index contributed by atoms with van der Waals surface area (Å²) < 4.78 is 5.11. The summed E-state index contributed by atoms with van der Waals surface area (Å²) in [6.07, 6.45) is 8.15. The average Bonchev–Trinajstić information content (AvgIpc) is 2.87. The molecule has 3 rings (SSSR count). The van der Waals surface area contributed by atoms with Gasteiger partial charge in [-0.1, -0.05) is 5.92 Å². The van der Waals surface area contributed by atoms with Crippen molar-refractivity contribution in [1.29, 1.82) is 0 Å². The van der Waals surface area contributed by atoms with Crippen LogP contribution in [0.2, 0.25) is 0 Å². The van der Waals surface area contributed by atoms with Gasteiger partial charge in [0.25, 0.3) is 0 Å². The number of anilines is 1. The smallest absolute Gasteiger partial charge is 0.139 e. The first kappa shape index (κ1) is 10.0. The number of aromatic nitrogens is 1. The summed E-state index contributed by atoms with van der Waals surface area (Å²) in [5, 5.41) is 0. The molecule has 0 spiro atoms. The van der Waals surface area contributed by atoms with Crippen LogP contribution in [0.25, 0.3) is 0 Å². The molecule has 2 unspecified atom stereocenters. The van der Waals surface area contributed by atoms with Crippen LogP contribution in [0.1, 0.15) is 12.0 Å². The number of hydrogen-bond donors (Lipinski definition) is 1. The molecule has 1 aromatic rings. The lowest BCUT2D eigenvalue weighted by atomic mass is 10.3. The molecular formula is C12H14N2O. The van der Waals surface area contributed by atoms with Gasteiger partial charge in [0.15, 0.2) is 0 Å². The Bertz CT molecular complexity index is 375. The highest BCUT2D eigenvalue weighted by molar-refractivity contribution is 5.48. The van der Waals surface area contributed by atoms with E-state index in [2.05, 4.69) is 10.9 Å². The summed E-state index contributed by atoms with van der Waals surface area (Å²) in [5.74, 6) is 4.81. The molecule has 3 heteroatoms. The van der Waals surface area contributed by atoms with Gasteiger partial charge in [-0.3, -0.25) is 0 Å². The number of nitrogen functional groups attached to an aromatic ring is 1. The highest BCUT2D eigenvalue weighted by atomic mass is 16.5. The summed E-state index contributed by atoms with van der Waals surface area (Å²) >= 11 is 0. The van der Waals surface area contributed by atoms with Gasteiger partial charge >= 0.3 is 0 Å². The topological polar surface area (TPSA) is 48.1 Å². The van der Waals surface area contributed by atoms with Gasteiger partial charge in [0.1, 0.15) is 5.82 Å². The molecule has 1 aromatic heterocycles. The lowest BCUT2D eigenvalue weighted by Gasteiger charge is -1.91. The number of nitrogens with two attached hydrogens (primary N) is 1. The van der Waals surface area contributed by atoms with Crippen molar-refractivity contribution in [3.05, 3.63) is 23.9 Å². The number of pyridine rings is 1. The van der Waals surface area contributed by atoms with Crippen LogP contribution in [-0.4, -0.2) is 18.2 Å². The Balaban J connectivity index is 0.000000121. The maximum Gasteiger partial charge on any atom is 0.139 e. The second kappa shape index (κ2) is 4.33. The fraction of sp³-hybridized carbons (Fsp3) is 0.417. The van der Waals surface area contributed by atoms with Crippen molar-refractivity contribution in [2.45, 2.75) is 6.42 Å². The minimum absolute atomic E-state index is 0.417. The molecule has 0 bridgehead atoms. The van der Waals surface area contributed by atoms with Crippen molar-refractivity contribution in [3.63, 3.8) is 0 Å². The van der Waals surface area contributed by atoms with Gasteiger partial charge in [-0.25, -0.2) is 4.98 Å². The Morgan fingerprint density at radius 2 is 2.20 bits per heavy atom. The molecule has 2 N–H and O–H groups in total. The maximum absolute atomic E-state index is 5.38. The standard InChI is InChI=1S/C7H6N2.C5H8O/c1-2-6-4-3-5-9-7(6)8;1-4-2-6-3-5(1)4/h1,3-5H,(H2,8,9);4-5H,1-3H2. The molecule has 0 aromatic carbocycles. The Hall–Kier alpha value is -1.53. The SMILES string of the molecule is C#Cc1cccnc1N.C1OCC2CC12. The van der Waals surface area contributed by atoms with E-state index in [-0.39, 0.29) is 0 Å². The molecule has 15 heavy (non-hydrogen) atoms. The van der Waals surface area contributed by atoms with Gasteiger partial charge in [-0.05, 0) is 30.4 Å². The van der Waals surface area contributed by atoms with Crippen LogP contribution >= 0.6 is 0 Å². The number of terminal acetylenes is 1. The molecule has 0 radical (unpaired) electrons. The third-order valence-electron chi connectivity index (χ3n) is 2.73. The third kappa shape index (κ3) is 2.48. The summed E-state index contributed by atoms with van der Waals surface area (Å²) in [5.41, 5.74) is 6.03. The van der Waals surface area contributed by atoms with E-state index in [1.807, 2.05) is 0 Å². The normalized spacial score (nSPS) is 25.8. The van der Waals surface area contributed by atoms with Crippen molar-refractivity contribution in [2.75, 3.05) is 18.9 Å². The lowest BCUT2D eigenvalue weighted by Crippen LogP contribution is -1.91. The first-order valence-corrected chi connectivity index (χ1v) is 5.06. The van der Waals surface area contributed by atoms with E-state index >= 15 is 0 Å². The molecule has 1 aliphatic heterocycles. The Morgan fingerprint density at radius 3 is 2.53 bits per heavy atom. The van der Waals surface area contributed by atoms with Crippen LogP contribution in [0.5, 0.6) is 0 Å². The minimum atomic E-state index is 0.417.